The average Bonchev–Trinajstić information content (AvgIpc) is 3.18. The van der Waals surface area contributed by atoms with Gasteiger partial charge in [0.05, 0.1) is 18.4 Å². The Balaban J connectivity index is 1.56. The lowest BCUT2D eigenvalue weighted by atomic mass is 9.72. The quantitative estimate of drug-likeness (QED) is 0.439. The van der Waals surface area contributed by atoms with Gasteiger partial charge in [0.2, 0.25) is 0 Å². The summed E-state index contributed by atoms with van der Waals surface area (Å²) in [5.74, 6) is -0.206. The predicted octanol–water partition coefficient (Wildman–Crippen LogP) is 3.60. The van der Waals surface area contributed by atoms with Gasteiger partial charge in [0, 0.05) is 18.0 Å². The molecule has 1 N–H and O–H groups in total. The maximum atomic E-state index is 13.2. The van der Waals surface area contributed by atoms with Gasteiger partial charge in [-0.25, -0.2) is 24.0 Å². The molecular formula is C22H16F4N8O. The number of aromatic amines is 1. The molecule has 13 heteroatoms. The highest BCUT2D eigenvalue weighted by Crippen LogP contribution is 2.46. The molecule has 4 aromatic heterocycles. The second-order valence-corrected chi connectivity index (χ2v) is 8.26. The zero-order chi connectivity index (χ0) is 24.9. The molecule has 0 amide bonds. The van der Waals surface area contributed by atoms with Crippen LogP contribution in [0.4, 0.5) is 17.6 Å². The van der Waals surface area contributed by atoms with Crippen molar-refractivity contribution >= 4 is 11.0 Å². The SMILES string of the molecule is CC(c1ccc(C(F)(F)F)nc1)n1nc(C#N)c2c(=O)[nH]c([C@@H]3CC[C@H]3c3ncc(F)cn3)nc21. The number of hydrogen-bond acceptors (Lipinski definition) is 7. The minimum atomic E-state index is -4.58. The molecule has 0 radical (unpaired) electrons. The van der Waals surface area contributed by atoms with E-state index in [9.17, 15) is 27.6 Å². The van der Waals surface area contributed by atoms with E-state index < -0.39 is 29.3 Å². The Kier molecular flexibility index (Phi) is 5.31. The van der Waals surface area contributed by atoms with E-state index >= 15 is 0 Å². The highest BCUT2D eigenvalue weighted by molar-refractivity contribution is 5.80. The van der Waals surface area contributed by atoms with Crippen LogP contribution in [0.3, 0.4) is 0 Å². The van der Waals surface area contributed by atoms with Crippen molar-refractivity contribution < 1.29 is 17.6 Å². The molecule has 0 saturated heterocycles. The molecule has 1 aliphatic carbocycles. The van der Waals surface area contributed by atoms with E-state index in [1.807, 2.05) is 6.07 Å². The number of nitrogens with one attached hydrogen (secondary N) is 1. The second kappa shape index (κ2) is 8.23. The average molecular weight is 484 g/mol. The molecule has 9 nitrogen and oxygen atoms in total. The molecule has 1 saturated carbocycles. The van der Waals surface area contributed by atoms with Crippen molar-refractivity contribution in [1.82, 2.24) is 34.7 Å². The molecule has 0 spiro atoms. The van der Waals surface area contributed by atoms with Gasteiger partial charge in [0.25, 0.3) is 5.56 Å². The molecule has 4 heterocycles. The molecular weight excluding hydrogens is 468 g/mol. The van der Waals surface area contributed by atoms with Crippen LogP contribution in [-0.4, -0.2) is 34.7 Å². The van der Waals surface area contributed by atoms with E-state index in [4.69, 9.17) is 0 Å². The Morgan fingerprint density at radius 2 is 1.86 bits per heavy atom. The molecule has 3 atom stereocenters. The first kappa shape index (κ1) is 22.6. The topological polar surface area (TPSA) is 126 Å². The van der Waals surface area contributed by atoms with E-state index in [-0.39, 0.29) is 28.6 Å². The van der Waals surface area contributed by atoms with Crippen LogP contribution in [0.15, 0.2) is 35.5 Å². The lowest BCUT2D eigenvalue weighted by Crippen LogP contribution is -2.28. The van der Waals surface area contributed by atoms with Gasteiger partial charge in [-0.1, -0.05) is 6.07 Å². The fourth-order valence-corrected chi connectivity index (χ4v) is 4.20. The normalized spacial score (nSPS) is 18.7. The summed E-state index contributed by atoms with van der Waals surface area (Å²) in [5.41, 5.74) is -1.24. The number of halogens is 4. The molecule has 5 rings (SSSR count). The van der Waals surface area contributed by atoms with Crippen LogP contribution >= 0.6 is 0 Å². The Labute approximate surface area is 194 Å². The maximum Gasteiger partial charge on any atom is 0.433 e. The third kappa shape index (κ3) is 3.90. The monoisotopic (exact) mass is 484 g/mol. The molecule has 4 aromatic rings. The molecule has 178 valence electrons. The van der Waals surface area contributed by atoms with E-state index in [2.05, 4.69) is 30.0 Å². The largest absolute Gasteiger partial charge is 0.433 e. The number of fused-ring (bicyclic) bond motifs is 1. The third-order valence-corrected chi connectivity index (χ3v) is 6.21. The van der Waals surface area contributed by atoms with Gasteiger partial charge in [-0.2, -0.15) is 23.5 Å². The summed E-state index contributed by atoms with van der Waals surface area (Å²) in [6.07, 6.45) is 0.0442. The van der Waals surface area contributed by atoms with Gasteiger partial charge in [0.1, 0.15) is 28.8 Å². The van der Waals surface area contributed by atoms with Crippen molar-refractivity contribution in [2.24, 2.45) is 0 Å². The summed E-state index contributed by atoms with van der Waals surface area (Å²) in [4.78, 5) is 31.8. The molecule has 0 bridgehead atoms. The molecule has 1 aliphatic rings. The van der Waals surface area contributed by atoms with Crippen molar-refractivity contribution in [3.8, 4) is 6.07 Å². The fraction of sp³-hybridized carbons (Fsp3) is 0.318. The third-order valence-electron chi connectivity index (χ3n) is 6.21. The number of alkyl halides is 3. The van der Waals surface area contributed by atoms with Gasteiger partial charge >= 0.3 is 6.18 Å². The van der Waals surface area contributed by atoms with E-state index in [1.54, 1.807) is 6.92 Å². The van der Waals surface area contributed by atoms with Crippen LogP contribution in [0.2, 0.25) is 0 Å². The second-order valence-electron chi connectivity index (χ2n) is 8.26. The summed E-state index contributed by atoms with van der Waals surface area (Å²) in [6.45, 7) is 1.65. The minimum Gasteiger partial charge on any atom is -0.310 e. The van der Waals surface area contributed by atoms with Crippen molar-refractivity contribution in [3.63, 3.8) is 0 Å². The van der Waals surface area contributed by atoms with Crippen molar-refractivity contribution in [2.45, 2.75) is 43.8 Å². The molecule has 1 unspecified atom stereocenters. The van der Waals surface area contributed by atoms with Crippen LogP contribution in [-0.2, 0) is 6.18 Å². The summed E-state index contributed by atoms with van der Waals surface area (Å²) >= 11 is 0. The fourth-order valence-electron chi connectivity index (χ4n) is 4.20. The molecule has 0 aromatic carbocycles. The maximum absolute atomic E-state index is 13.2. The molecule has 0 aliphatic heterocycles. The smallest absolute Gasteiger partial charge is 0.310 e. The van der Waals surface area contributed by atoms with Crippen molar-refractivity contribution in [2.75, 3.05) is 0 Å². The van der Waals surface area contributed by atoms with E-state index in [0.717, 1.165) is 24.7 Å². The van der Waals surface area contributed by atoms with Gasteiger partial charge < -0.3 is 4.98 Å². The van der Waals surface area contributed by atoms with E-state index in [0.29, 0.717) is 30.1 Å². The van der Waals surface area contributed by atoms with Gasteiger partial charge in [-0.3, -0.25) is 9.78 Å². The first-order chi connectivity index (χ1) is 16.7. The Hall–Kier alpha value is -4.21. The highest BCUT2D eigenvalue weighted by atomic mass is 19.4. The number of nitrogens with zero attached hydrogens (tertiary/aromatic N) is 7. The van der Waals surface area contributed by atoms with E-state index in [1.165, 1.54) is 10.7 Å². The summed E-state index contributed by atoms with van der Waals surface area (Å²) in [7, 11) is 0. The zero-order valence-corrected chi connectivity index (χ0v) is 18.1. The first-order valence-electron chi connectivity index (χ1n) is 10.6. The predicted molar refractivity (Wildman–Crippen MR) is 113 cm³/mol. The molecule has 1 fully saturated rings. The summed E-state index contributed by atoms with van der Waals surface area (Å²) < 4.78 is 53.2. The number of rotatable bonds is 4. The highest BCUT2D eigenvalue weighted by Gasteiger charge is 2.38. The van der Waals surface area contributed by atoms with Gasteiger partial charge in [0.15, 0.2) is 17.2 Å². The van der Waals surface area contributed by atoms with Crippen LogP contribution < -0.4 is 5.56 Å². The Morgan fingerprint density at radius 1 is 1.14 bits per heavy atom. The summed E-state index contributed by atoms with van der Waals surface area (Å²) in [5, 5.41) is 13.7. The number of nitriles is 1. The Bertz CT molecular complexity index is 1500. The lowest BCUT2D eigenvalue weighted by Gasteiger charge is -2.34. The zero-order valence-electron chi connectivity index (χ0n) is 18.1. The minimum absolute atomic E-state index is 0.0168. The van der Waals surface area contributed by atoms with Gasteiger partial charge in [-0.05, 0) is 31.4 Å². The number of pyridine rings is 1. The number of hydrogen-bond donors (Lipinski definition) is 1. The lowest BCUT2D eigenvalue weighted by molar-refractivity contribution is -0.141. The standard InChI is InChI=1S/C22H16F4N8O/c1-10(11-2-5-16(28-7-11)22(24,25)26)34-20-17(15(6-27)33-34)21(35)32-19(31-20)14-4-3-13(14)18-29-8-12(23)9-30-18/h2,5,7-10,13-14H,3-4H2,1H3,(H,31,32,35)/t10?,13-,14-/m1/s1. The van der Waals surface area contributed by atoms with Crippen LogP contribution in [0.5, 0.6) is 0 Å². The van der Waals surface area contributed by atoms with Gasteiger partial charge in [-0.15, -0.1) is 0 Å². The number of aromatic nitrogens is 7. The number of H-pyrrole nitrogens is 1. The van der Waals surface area contributed by atoms with Crippen molar-refractivity contribution in [1.29, 1.82) is 5.26 Å². The van der Waals surface area contributed by atoms with Crippen LogP contribution in [0.1, 0.15) is 66.2 Å². The summed E-state index contributed by atoms with van der Waals surface area (Å²) in [6, 6.07) is 3.32. The molecule has 35 heavy (non-hydrogen) atoms. The van der Waals surface area contributed by atoms with Crippen molar-refractivity contribution in [3.05, 3.63) is 75.5 Å². The van der Waals surface area contributed by atoms with Crippen LogP contribution in [0.25, 0.3) is 11.0 Å². The first-order valence-corrected chi connectivity index (χ1v) is 10.6. The Morgan fingerprint density at radius 3 is 2.43 bits per heavy atom. The van der Waals surface area contributed by atoms with Crippen LogP contribution in [0, 0.1) is 17.1 Å².